The van der Waals surface area contributed by atoms with Crippen molar-refractivity contribution in [3.05, 3.63) is 40.3 Å². The highest BCUT2D eigenvalue weighted by Crippen LogP contribution is 2.32. The van der Waals surface area contributed by atoms with Crippen LogP contribution >= 0.6 is 0 Å². The molecule has 0 saturated carbocycles. The highest BCUT2D eigenvalue weighted by atomic mass is 19.1. The van der Waals surface area contributed by atoms with E-state index in [4.69, 9.17) is 0 Å². The van der Waals surface area contributed by atoms with Crippen LogP contribution in [-0.4, -0.2) is 41.5 Å². The molecule has 0 spiro atoms. The third kappa shape index (κ3) is 3.08. The van der Waals surface area contributed by atoms with Crippen LogP contribution in [0.5, 0.6) is 0 Å². The second-order valence-corrected chi connectivity index (χ2v) is 5.10. The number of rotatable bonds is 5. The third-order valence-corrected chi connectivity index (χ3v) is 3.48. The summed E-state index contributed by atoms with van der Waals surface area (Å²) in [6, 6.07) is 4.28. The zero-order chi connectivity index (χ0) is 15.6. The van der Waals surface area contributed by atoms with Gasteiger partial charge in [0.05, 0.1) is 22.1 Å². The monoisotopic (exact) mass is 292 g/mol. The normalized spacial score (nSPS) is 12.6. The lowest BCUT2D eigenvalue weighted by atomic mass is 10.1. The molecule has 2 rings (SSSR count). The molecule has 0 bridgehead atoms. The number of likely N-dealkylation sites (N-methyl/N-ethyl adjacent to an activating group) is 1. The lowest BCUT2D eigenvalue weighted by Gasteiger charge is -2.21. The van der Waals surface area contributed by atoms with E-state index >= 15 is 0 Å². The number of nitro groups is 1. The summed E-state index contributed by atoms with van der Waals surface area (Å²) in [4.78, 5) is 16.5. The van der Waals surface area contributed by atoms with Crippen molar-refractivity contribution in [1.29, 1.82) is 0 Å². The molecule has 0 aliphatic heterocycles. The maximum Gasteiger partial charge on any atom is 0.281 e. The van der Waals surface area contributed by atoms with Crippen molar-refractivity contribution in [3.8, 4) is 0 Å². The Morgan fingerprint density at radius 3 is 2.86 bits per heavy atom. The Labute approximate surface area is 121 Å². The number of benzene rings is 1. The van der Waals surface area contributed by atoms with E-state index in [1.54, 1.807) is 12.1 Å². The molecule has 1 atom stereocenters. The number of pyridine rings is 1. The van der Waals surface area contributed by atoms with Gasteiger partial charge in [0, 0.05) is 18.8 Å². The predicted molar refractivity (Wildman–Crippen MR) is 80.0 cm³/mol. The van der Waals surface area contributed by atoms with Crippen molar-refractivity contribution in [2.24, 2.45) is 0 Å². The van der Waals surface area contributed by atoms with Gasteiger partial charge in [0.1, 0.15) is 5.52 Å². The molecule has 1 heterocycles. The van der Waals surface area contributed by atoms with Gasteiger partial charge in [-0.3, -0.25) is 15.1 Å². The molecule has 0 aliphatic rings. The lowest BCUT2D eigenvalue weighted by molar-refractivity contribution is -0.383. The number of nitrogens with one attached hydrogen (secondary N) is 1. The van der Waals surface area contributed by atoms with Gasteiger partial charge < -0.3 is 10.2 Å². The summed E-state index contributed by atoms with van der Waals surface area (Å²) >= 11 is 0. The van der Waals surface area contributed by atoms with Gasteiger partial charge in [0.25, 0.3) is 5.69 Å². The van der Waals surface area contributed by atoms with Crippen LogP contribution in [0.1, 0.15) is 6.92 Å². The third-order valence-electron chi connectivity index (χ3n) is 3.48. The Bertz CT molecular complexity index is 675. The first kappa shape index (κ1) is 15.1. The van der Waals surface area contributed by atoms with Gasteiger partial charge >= 0.3 is 0 Å². The highest BCUT2D eigenvalue weighted by Gasteiger charge is 2.20. The summed E-state index contributed by atoms with van der Waals surface area (Å²) in [5.41, 5.74) is 0.196. The van der Waals surface area contributed by atoms with E-state index in [2.05, 4.69) is 10.3 Å². The molecule has 1 unspecified atom stereocenters. The topological polar surface area (TPSA) is 71.3 Å². The molecule has 7 heteroatoms. The number of aromatic nitrogens is 1. The molecular weight excluding hydrogens is 275 g/mol. The SMILES string of the molecule is CC(CNc1c(F)cc([N+](=O)[O-])c2cccnc12)N(C)C. The zero-order valence-corrected chi connectivity index (χ0v) is 12.1. The van der Waals surface area contributed by atoms with Gasteiger partial charge in [-0.05, 0) is 33.2 Å². The molecule has 112 valence electrons. The van der Waals surface area contributed by atoms with Crippen molar-refractivity contribution < 1.29 is 9.31 Å². The lowest BCUT2D eigenvalue weighted by Crippen LogP contribution is -2.31. The Morgan fingerprint density at radius 2 is 2.24 bits per heavy atom. The molecule has 1 aromatic heterocycles. The molecule has 0 radical (unpaired) electrons. The fourth-order valence-corrected chi connectivity index (χ4v) is 1.95. The smallest absolute Gasteiger partial charge is 0.281 e. The fraction of sp³-hybridized carbons (Fsp3) is 0.357. The number of nitrogens with zero attached hydrogens (tertiary/aromatic N) is 3. The summed E-state index contributed by atoms with van der Waals surface area (Å²) in [7, 11) is 3.85. The maximum absolute atomic E-state index is 14.2. The number of non-ortho nitro benzene ring substituents is 1. The standard InChI is InChI=1S/C14H17FN4O2/c1-9(18(2)3)8-17-14-11(15)7-12(19(20)21)10-5-4-6-16-13(10)14/h4-7,9,17H,8H2,1-3H3. The van der Waals surface area contributed by atoms with Gasteiger partial charge in [-0.2, -0.15) is 0 Å². The summed E-state index contributed by atoms with van der Waals surface area (Å²) < 4.78 is 14.2. The quantitative estimate of drug-likeness (QED) is 0.677. The first-order chi connectivity index (χ1) is 9.91. The minimum absolute atomic E-state index is 0.179. The second-order valence-electron chi connectivity index (χ2n) is 5.10. The number of nitro benzene ring substituents is 1. The Hall–Kier alpha value is -2.28. The first-order valence-electron chi connectivity index (χ1n) is 6.53. The largest absolute Gasteiger partial charge is 0.379 e. The minimum atomic E-state index is -0.668. The highest BCUT2D eigenvalue weighted by molar-refractivity contribution is 5.97. The Balaban J connectivity index is 2.47. The van der Waals surface area contributed by atoms with Gasteiger partial charge in [-0.1, -0.05) is 0 Å². The van der Waals surface area contributed by atoms with E-state index in [1.807, 2.05) is 25.9 Å². The van der Waals surface area contributed by atoms with E-state index in [9.17, 15) is 14.5 Å². The van der Waals surface area contributed by atoms with E-state index in [-0.39, 0.29) is 22.9 Å². The van der Waals surface area contributed by atoms with E-state index < -0.39 is 10.7 Å². The molecule has 0 saturated heterocycles. The Morgan fingerprint density at radius 1 is 1.52 bits per heavy atom. The molecule has 0 fully saturated rings. The predicted octanol–water partition coefficient (Wildman–Crippen LogP) is 2.64. The fourth-order valence-electron chi connectivity index (χ4n) is 1.95. The summed E-state index contributed by atoms with van der Waals surface area (Å²) in [6.45, 7) is 2.50. The summed E-state index contributed by atoms with van der Waals surface area (Å²) in [6.07, 6.45) is 1.49. The minimum Gasteiger partial charge on any atom is -0.379 e. The molecular formula is C14H17FN4O2. The molecule has 1 aromatic carbocycles. The van der Waals surface area contributed by atoms with Crippen LogP contribution < -0.4 is 5.32 Å². The molecule has 1 N–H and O–H groups in total. The zero-order valence-electron chi connectivity index (χ0n) is 12.1. The van der Waals surface area contributed by atoms with Gasteiger partial charge in [0.2, 0.25) is 0 Å². The second kappa shape index (κ2) is 6.01. The van der Waals surface area contributed by atoms with E-state index in [0.29, 0.717) is 11.9 Å². The van der Waals surface area contributed by atoms with Crippen LogP contribution in [0.3, 0.4) is 0 Å². The van der Waals surface area contributed by atoms with Crippen LogP contribution in [0.25, 0.3) is 10.9 Å². The van der Waals surface area contributed by atoms with Crippen molar-refractivity contribution in [2.75, 3.05) is 26.0 Å². The van der Waals surface area contributed by atoms with Crippen molar-refractivity contribution in [2.45, 2.75) is 13.0 Å². The molecule has 0 aliphatic carbocycles. The average molecular weight is 292 g/mol. The number of fused-ring (bicyclic) bond motifs is 1. The molecule has 0 amide bonds. The average Bonchev–Trinajstić information content (AvgIpc) is 2.44. The Kier molecular flexibility index (Phi) is 4.32. The van der Waals surface area contributed by atoms with Gasteiger partial charge in [-0.25, -0.2) is 4.39 Å². The first-order valence-corrected chi connectivity index (χ1v) is 6.53. The molecule has 2 aromatic rings. The van der Waals surface area contributed by atoms with Crippen LogP contribution in [0.4, 0.5) is 15.8 Å². The number of hydrogen-bond acceptors (Lipinski definition) is 5. The maximum atomic E-state index is 14.2. The van der Waals surface area contributed by atoms with E-state index in [1.165, 1.54) is 6.20 Å². The summed E-state index contributed by atoms with van der Waals surface area (Å²) in [5, 5.41) is 14.3. The van der Waals surface area contributed by atoms with Crippen LogP contribution in [-0.2, 0) is 0 Å². The summed E-state index contributed by atoms with van der Waals surface area (Å²) in [5.74, 6) is -0.668. The number of halogens is 1. The van der Waals surface area contributed by atoms with Gasteiger partial charge in [-0.15, -0.1) is 0 Å². The van der Waals surface area contributed by atoms with Crippen molar-refractivity contribution >= 4 is 22.3 Å². The molecule has 6 nitrogen and oxygen atoms in total. The van der Waals surface area contributed by atoms with E-state index in [0.717, 1.165) is 6.07 Å². The number of hydrogen-bond donors (Lipinski definition) is 1. The van der Waals surface area contributed by atoms with Crippen molar-refractivity contribution in [1.82, 2.24) is 9.88 Å². The molecule has 21 heavy (non-hydrogen) atoms. The number of anilines is 1. The van der Waals surface area contributed by atoms with Gasteiger partial charge in [0.15, 0.2) is 5.82 Å². The van der Waals surface area contributed by atoms with Crippen molar-refractivity contribution in [3.63, 3.8) is 0 Å². The van der Waals surface area contributed by atoms with Crippen LogP contribution in [0.15, 0.2) is 24.4 Å². The van der Waals surface area contributed by atoms with Crippen LogP contribution in [0, 0.1) is 15.9 Å². The van der Waals surface area contributed by atoms with Crippen LogP contribution in [0.2, 0.25) is 0 Å².